The Morgan fingerprint density at radius 2 is 1.00 bits per heavy atom. The fourth-order valence-electron chi connectivity index (χ4n) is 6.93. The van der Waals surface area contributed by atoms with Gasteiger partial charge in [0.25, 0.3) is 0 Å². The molecule has 2 aromatic heterocycles. The van der Waals surface area contributed by atoms with E-state index in [0.29, 0.717) is 17.5 Å². The Kier molecular flexibility index (Phi) is 5.81. The topological polar surface area (TPSA) is 51.8 Å². The van der Waals surface area contributed by atoms with Crippen molar-refractivity contribution in [3.63, 3.8) is 0 Å². The number of benzene rings is 6. The van der Waals surface area contributed by atoms with Gasteiger partial charge in [-0.15, -0.1) is 0 Å². The minimum atomic E-state index is -0.0861. The minimum Gasteiger partial charge on any atom is -0.456 e. The second-order valence-electron chi connectivity index (χ2n) is 12.5. The van der Waals surface area contributed by atoms with E-state index >= 15 is 0 Å². The van der Waals surface area contributed by atoms with Crippen molar-refractivity contribution in [2.75, 3.05) is 0 Å². The van der Waals surface area contributed by atoms with Crippen LogP contribution in [0.2, 0.25) is 0 Å². The molecule has 0 fully saturated rings. The second-order valence-corrected chi connectivity index (χ2v) is 12.5. The van der Waals surface area contributed by atoms with Gasteiger partial charge in [0.1, 0.15) is 11.2 Å². The van der Waals surface area contributed by atoms with Gasteiger partial charge in [-0.25, -0.2) is 15.0 Å². The summed E-state index contributed by atoms with van der Waals surface area (Å²) in [5, 5.41) is 2.14. The van der Waals surface area contributed by atoms with Crippen molar-refractivity contribution in [1.29, 1.82) is 0 Å². The first-order valence-electron chi connectivity index (χ1n) is 15.6. The lowest BCUT2D eigenvalue weighted by Gasteiger charge is -2.21. The summed E-state index contributed by atoms with van der Waals surface area (Å²) in [6.07, 6.45) is 0. The van der Waals surface area contributed by atoms with Gasteiger partial charge in [-0.1, -0.05) is 117 Å². The number of nitrogens with zero attached hydrogens (tertiary/aromatic N) is 3. The van der Waals surface area contributed by atoms with Crippen LogP contribution in [0.4, 0.5) is 0 Å². The summed E-state index contributed by atoms with van der Waals surface area (Å²) >= 11 is 0. The van der Waals surface area contributed by atoms with E-state index in [-0.39, 0.29) is 5.41 Å². The van der Waals surface area contributed by atoms with E-state index < -0.39 is 0 Å². The third kappa shape index (κ3) is 4.18. The molecule has 1 aliphatic rings. The lowest BCUT2D eigenvalue weighted by molar-refractivity contribution is 0.647. The van der Waals surface area contributed by atoms with E-state index in [4.69, 9.17) is 19.4 Å². The Morgan fingerprint density at radius 1 is 0.413 bits per heavy atom. The Hall–Kier alpha value is -5.87. The predicted octanol–water partition coefficient (Wildman–Crippen LogP) is 10.7. The third-order valence-corrected chi connectivity index (χ3v) is 9.33. The summed E-state index contributed by atoms with van der Waals surface area (Å²) in [5.74, 6) is 1.90. The summed E-state index contributed by atoms with van der Waals surface area (Å²) in [7, 11) is 0. The number of rotatable bonds is 4. The zero-order valence-corrected chi connectivity index (χ0v) is 25.5. The zero-order valence-electron chi connectivity index (χ0n) is 25.5. The molecule has 0 bridgehead atoms. The molecule has 0 saturated carbocycles. The predicted molar refractivity (Wildman–Crippen MR) is 186 cm³/mol. The molecular weight excluding hydrogens is 562 g/mol. The van der Waals surface area contributed by atoms with Crippen molar-refractivity contribution in [1.82, 2.24) is 15.0 Å². The van der Waals surface area contributed by atoms with Gasteiger partial charge in [0, 0.05) is 32.9 Å². The Labute approximate surface area is 267 Å². The maximum Gasteiger partial charge on any atom is 0.164 e. The lowest BCUT2D eigenvalue weighted by atomic mass is 9.82. The molecule has 0 aliphatic heterocycles. The zero-order chi connectivity index (χ0) is 30.8. The molecule has 9 rings (SSSR count). The molecule has 1 aliphatic carbocycles. The highest BCUT2D eigenvalue weighted by molar-refractivity contribution is 6.08. The average molecular weight is 592 g/mol. The van der Waals surface area contributed by atoms with Crippen LogP contribution in [0.5, 0.6) is 0 Å². The summed E-state index contributed by atoms with van der Waals surface area (Å²) in [6.45, 7) is 4.59. The summed E-state index contributed by atoms with van der Waals surface area (Å²) in [5.41, 5.74) is 11.9. The molecule has 0 N–H and O–H groups in total. The molecule has 46 heavy (non-hydrogen) atoms. The smallest absolute Gasteiger partial charge is 0.164 e. The van der Waals surface area contributed by atoms with Crippen molar-refractivity contribution in [2.24, 2.45) is 0 Å². The normalized spacial score (nSPS) is 13.2. The van der Waals surface area contributed by atoms with Crippen molar-refractivity contribution < 1.29 is 4.42 Å². The van der Waals surface area contributed by atoms with E-state index in [1.165, 1.54) is 22.3 Å². The minimum absolute atomic E-state index is 0.0861. The fraction of sp³-hybridized carbons (Fsp3) is 0.0714. The van der Waals surface area contributed by atoms with Crippen LogP contribution >= 0.6 is 0 Å². The number of hydrogen-bond donors (Lipinski definition) is 0. The molecular formula is C42H29N3O. The highest BCUT2D eigenvalue weighted by Gasteiger charge is 2.36. The standard InChI is InChI=1S/C42H29N3O/c1-42(2)35-19-10-9-18-31(35)32-24-34-33-23-30(20-21-37(33)46-38(34)25-36(32)42)41-44-39(27-14-7-4-8-15-27)43-40(45-41)29-17-11-16-28(22-29)26-12-5-3-6-13-26/h3-25H,1-2H3. The van der Waals surface area contributed by atoms with Crippen LogP contribution in [0.1, 0.15) is 25.0 Å². The van der Waals surface area contributed by atoms with Gasteiger partial charge < -0.3 is 4.42 Å². The van der Waals surface area contributed by atoms with Crippen molar-refractivity contribution in [3.05, 3.63) is 151 Å². The van der Waals surface area contributed by atoms with Gasteiger partial charge in [-0.05, 0) is 69.8 Å². The maximum absolute atomic E-state index is 6.45. The van der Waals surface area contributed by atoms with Gasteiger partial charge >= 0.3 is 0 Å². The second kappa shape index (κ2) is 10.1. The number of fused-ring (bicyclic) bond motifs is 6. The Bertz CT molecular complexity index is 2440. The van der Waals surface area contributed by atoms with Crippen LogP contribution in [-0.4, -0.2) is 15.0 Å². The van der Waals surface area contributed by atoms with Crippen LogP contribution in [-0.2, 0) is 5.41 Å². The van der Waals surface area contributed by atoms with Crippen LogP contribution in [0, 0.1) is 0 Å². The van der Waals surface area contributed by atoms with Gasteiger partial charge in [-0.3, -0.25) is 0 Å². The first kappa shape index (κ1) is 26.5. The van der Waals surface area contributed by atoms with Gasteiger partial charge in [-0.2, -0.15) is 0 Å². The SMILES string of the molecule is CC1(C)c2ccccc2-c2cc3c(cc21)oc1ccc(-c2nc(-c4ccccc4)nc(-c4cccc(-c5ccccc5)c4)n2)cc13. The van der Waals surface area contributed by atoms with Gasteiger partial charge in [0.2, 0.25) is 0 Å². The molecule has 0 spiro atoms. The number of hydrogen-bond acceptors (Lipinski definition) is 4. The van der Waals surface area contributed by atoms with E-state index in [2.05, 4.69) is 105 Å². The summed E-state index contributed by atoms with van der Waals surface area (Å²) in [6, 6.07) is 48.4. The third-order valence-electron chi connectivity index (χ3n) is 9.33. The monoisotopic (exact) mass is 591 g/mol. The number of aromatic nitrogens is 3. The Morgan fingerprint density at radius 3 is 1.76 bits per heavy atom. The number of furan rings is 1. The van der Waals surface area contributed by atoms with Crippen molar-refractivity contribution in [2.45, 2.75) is 19.3 Å². The first-order valence-corrected chi connectivity index (χ1v) is 15.6. The van der Waals surface area contributed by atoms with Gasteiger partial charge in [0.15, 0.2) is 17.5 Å². The molecule has 8 aromatic rings. The van der Waals surface area contributed by atoms with E-state index in [9.17, 15) is 0 Å². The molecule has 6 aromatic carbocycles. The van der Waals surface area contributed by atoms with Crippen molar-refractivity contribution in [3.8, 4) is 56.4 Å². The molecule has 4 heteroatoms. The lowest BCUT2D eigenvalue weighted by Crippen LogP contribution is -2.14. The van der Waals surface area contributed by atoms with Crippen molar-refractivity contribution >= 4 is 21.9 Å². The van der Waals surface area contributed by atoms with Crippen LogP contribution in [0.3, 0.4) is 0 Å². The van der Waals surface area contributed by atoms with Crippen LogP contribution in [0.25, 0.3) is 78.4 Å². The van der Waals surface area contributed by atoms with Crippen LogP contribution < -0.4 is 0 Å². The van der Waals surface area contributed by atoms with Crippen LogP contribution in [0.15, 0.2) is 144 Å². The van der Waals surface area contributed by atoms with Gasteiger partial charge in [0.05, 0.1) is 0 Å². The van der Waals surface area contributed by atoms with E-state index in [0.717, 1.165) is 49.8 Å². The molecule has 0 unspecified atom stereocenters. The quantitative estimate of drug-likeness (QED) is 0.204. The van der Waals surface area contributed by atoms with E-state index in [1.807, 2.05) is 48.5 Å². The average Bonchev–Trinajstić information content (AvgIpc) is 3.59. The molecule has 0 atom stereocenters. The molecule has 0 saturated heterocycles. The fourth-order valence-corrected chi connectivity index (χ4v) is 6.93. The first-order chi connectivity index (χ1) is 22.5. The summed E-state index contributed by atoms with van der Waals surface area (Å²) in [4.78, 5) is 15.0. The maximum atomic E-state index is 6.45. The molecule has 218 valence electrons. The molecule has 0 amide bonds. The summed E-state index contributed by atoms with van der Waals surface area (Å²) < 4.78 is 6.45. The van der Waals surface area contributed by atoms with E-state index in [1.54, 1.807) is 0 Å². The molecule has 2 heterocycles. The Balaban J connectivity index is 1.22. The highest BCUT2D eigenvalue weighted by Crippen LogP contribution is 2.50. The molecule has 0 radical (unpaired) electrons. The molecule has 4 nitrogen and oxygen atoms in total. The largest absolute Gasteiger partial charge is 0.456 e. The highest BCUT2D eigenvalue weighted by atomic mass is 16.3.